The summed E-state index contributed by atoms with van der Waals surface area (Å²) in [5, 5.41) is 12.6. The second-order valence-corrected chi connectivity index (χ2v) is 6.10. The van der Waals surface area contributed by atoms with Crippen molar-refractivity contribution >= 4 is 5.97 Å². The van der Waals surface area contributed by atoms with E-state index in [1.807, 2.05) is 0 Å². The molecule has 1 fully saturated rings. The first-order valence-corrected chi connectivity index (χ1v) is 6.90. The van der Waals surface area contributed by atoms with E-state index >= 15 is 0 Å². The van der Waals surface area contributed by atoms with E-state index in [-0.39, 0.29) is 6.04 Å². The lowest BCUT2D eigenvalue weighted by Crippen LogP contribution is -2.51. The van der Waals surface area contributed by atoms with Crippen LogP contribution < -0.4 is 5.32 Å². The summed E-state index contributed by atoms with van der Waals surface area (Å²) in [5.41, 5.74) is 0. The van der Waals surface area contributed by atoms with Crippen molar-refractivity contribution in [2.75, 3.05) is 0 Å². The monoisotopic (exact) mass is 241 g/mol. The lowest BCUT2D eigenvalue weighted by atomic mass is 9.78. The van der Waals surface area contributed by atoms with Gasteiger partial charge in [0.05, 0.1) is 0 Å². The molecule has 1 rings (SSSR count). The average molecular weight is 241 g/mol. The molecule has 2 N–H and O–H groups in total. The summed E-state index contributed by atoms with van der Waals surface area (Å²) in [6.45, 7) is 8.62. The summed E-state index contributed by atoms with van der Waals surface area (Å²) >= 11 is 0. The number of hydrogen-bond donors (Lipinski definition) is 2. The van der Waals surface area contributed by atoms with Crippen molar-refractivity contribution in [2.24, 2.45) is 17.8 Å². The molecule has 0 heterocycles. The highest BCUT2D eigenvalue weighted by Crippen LogP contribution is 2.29. The van der Waals surface area contributed by atoms with Crippen molar-refractivity contribution < 1.29 is 9.90 Å². The molecular weight excluding hydrogens is 214 g/mol. The van der Waals surface area contributed by atoms with Crippen LogP contribution in [0, 0.1) is 17.8 Å². The smallest absolute Gasteiger partial charge is 0.320 e. The minimum atomic E-state index is -0.705. The fourth-order valence-electron chi connectivity index (χ4n) is 2.95. The van der Waals surface area contributed by atoms with Gasteiger partial charge in [-0.15, -0.1) is 0 Å². The first-order valence-electron chi connectivity index (χ1n) is 6.90. The first kappa shape index (κ1) is 14.5. The molecule has 3 atom stereocenters. The molecule has 17 heavy (non-hydrogen) atoms. The Morgan fingerprint density at radius 2 is 1.82 bits per heavy atom. The van der Waals surface area contributed by atoms with Gasteiger partial charge in [0, 0.05) is 6.04 Å². The molecule has 1 aliphatic rings. The number of nitrogens with one attached hydrogen (secondary N) is 1. The normalized spacial score (nSPS) is 31.5. The highest BCUT2D eigenvalue weighted by Gasteiger charge is 2.31. The predicted octanol–water partition coefficient (Wildman–Crippen LogP) is 2.90. The number of carboxylic acids is 1. The van der Waals surface area contributed by atoms with Gasteiger partial charge in [-0.1, -0.05) is 34.1 Å². The van der Waals surface area contributed by atoms with Crippen LogP contribution in [0.1, 0.15) is 53.4 Å². The van der Waals surface area contributed by atoms with Crippen LogP contribution in [-0.4, -0.2) is 23.2 Å². The largest absolute Gasteiger partial charge is 0.480 e. The Morgan fingerprint density at radius 3 is 2.24 bits per heavy atom. The van der Waals surface area contributed by atoms with Crippen molar-refractivity contribution in [3.8, 4) is 0 Å². The fourth-order valence-corrected chi connectivity index (χ4v) is 2.95. The number of hydrogen-bond acceptors (Lipinski definition) is 2. The third-order valence-corrected chi connectivity index (χ3v) is 3.94. The van der Waals surface area contributed by atoms with Crippen LogP contribution in [0.25, 0.3) is 0 Å². The van der Waals surface area contributed by atoms with E-state index in [4.69, 9.17) is 0 Å². The van der Waals surface area contributed by atoms with E-state index in [1.165, 1.54) is 19.3 Å². The zero-order valence-electron chi connectivity index (χ0n) is 11.6. The second-order valence-electron chi connectivity index (χ2n) is 6.10. The molecule has 1 aliphatic carbocycles. The van der Waals surface area contributed by atoms with Crippen molar-refractivity contribution in [2.45, 2.75) is 65.5 Å². The number of carboxylic acid groups (broad SMARTS) is 1. The maximum absolute atomic E-state index is 11.3. The Balaban J connectivity index is 2.61. The molecule has 0 aromatic rings. The zero-order valence-corrected chi connectivity index (χ0v) is 11.6. The number of rotatable bonds is 5. The Labute approximate surface area is 105 Å². The van der Waals surface area contributed by atoms with E-state index in [0.717, 1.165) is 0 Å². The summed E-state index contributed by atoms with van der Waals surface area (Å²) in [6, 6.07) is -0.0217. The van der Waals surface area contributed by atoms with Gasteiger partial charge in [0.2, 0.25) is 0 Å². The average Bonchev–Trinajstić information content (AvgIpc) is 2.21. The highest BCUT2D eigenvalue weighted by molar-refractivity contribution is 5.73. The Hall–Kier alpha value is -0.570. The van der Waals surface area contributed by atoms with Crippen LogP contribution in [0.2, 0.25) is 0 Å². The third kappa shape index (κ3) is 4.30. The van der Waals surface area contributed by atoms with E-state index < -0.39 is 5.97 Å². The molecule has 0 aromatic heterocycles. The van der Waals surface area contributed by atoms with Gasteiger partial charge < -0.3 is 10.4 Å². The third-order valence-electron chi connectivity index (χ3n) is 3.94. The van der Waals surface area contributed by atoms with Crippen molar-refractivity contribution in [1.29, 1.82) is 0 Å². The minimum absolute atomic E-state index is 0.364. The molecule has 0 aliphatic heterocycles. The number of aliphatic carboxylic acids is 1. The lowest BCUT2D eigenvalue weighted by molar-refractivity contribution is -0.140. The standard InChI is InChI=1S/C14H27NO2/c1-9(2)8-12(14(16)17)15-13-10(3)6-5-7-11(13)4/h9-13,15H,5-8H2,1-4H3,(H,16,17). The van der Waals surface area contributed by atoms with Crippen LogP contribution in [0.3, 0.4) is 0 Å². The molecule has 0 aromatic carbocycles. The van der Waals surface area contributed by atoms with Crippen molar-refractivity contribution in [3.05, 3.63) is 0 Å². The maximum atomic E-state index is 11.3. The number of carbonyl (C=O) groups is 1. The van der Waals surface area contributed by atoms with Crippen molar-refractivity contribution in [1.82, 2.24) is 5.32 Å². The topological polar surface area (TPSA) is 49.3 Å². The van der Waals surface area contributed by atoms with Crippen LogP contribution in [0.5, 0.6) is 0 Å². The highest BCUT2D eigenvalue weighted by atomic mass is 16.4. The fraction of sp³-hybridized carbons (Fsp3) is 0.929. The van der Waals surface area contributed by atoms with Gasteiger partial charge >= 0.3 is 5.97 Å². The van der Waals surface area contributed by atoms with Crippen LogP contribution in [0.15, 0.2) is 0 Å². The van der Waals surface area contributed by atoms with Gasteiger partial charge in [-0.05, 0) is 37.0 Å². The molecule has 0 bridgehead atoms. The first-order chi connectivity index (χ1) is 7.91. The molecule has 0 spiro atoms. The molecule has 3 heteroatoms. The maximum Gasteiger partial charge on any atom is 0.320 e. The van der Waals surface area contributed by atoms with Gasteiger partial charge in [-0.2, -0.15) is 0 Å². The van der Waals surface area contributed by atoms with Gasteiger partial charge in [-0.3, -0.25) is 4.79 Å². The van der Waals surface area contributed by atoms with Crippen molar-refractivity contribution in [3.63, 3.8) is 0 Å². The van der Waals surface area contributed by atoms with E-state index in [0.29, 0.717) is 30.2 Å². The molecule has 0 saturated heterocycles. The Bertz CT molecular complexity index is 243. The molecule has 1 saturated carbocycles. The van der Waals surface area contributed by atoms with Gasteiger partial charge in [0.25, 0.3) is 0 Å². The molecule has 3 nitrogen and oxygen atoms in total. The summed E-state index contributed by atoms with van der Waals surface area (Å²) < 4.78 is 0. The quantitative estimate of drug-likeness (QED) is 0.778. The van der Waals surface area contributed by atoms with Crippen LogP contribution >= 0.6 is 0 Å². The van der Waals surface area contributed by atoms with Gasteiger partial charge in [0.1, 0.15) is 6.04 Å². The molecule has 0 amide bonds. The Kier molecular flexibility index (Phi) is 5.44. The minimum Gasteiger partial charge on any atom is -0.480 e. The summed E-state index contributed by atoms with van der Waals surface area (Å²) in [5.74, 6) is 0.891. The molecule has 0 radical (unpaired) electrons. The lowest BCUT2D eigenvalue weighted by Gasteiger charge is -2.37. The predicted molar refractivity (Wildman–Crippen MR) is 70.0 cm³/mol. The SMILES string of the molecule is CC(C)CC(NC1C(C)CCCC1C)C(=O)O. The van der Waals surface area contributed by atoms with Gasteiger partial charge in [0.15, 0.2) is 0 Å². The summed E-state index contributed by atoms with van der Waals surface area (Å²) in [6.07, 6.45) is 4.43. The summed E-state index contributed by atoms with van der Waals surface area (Å²) in [4.78, 5) is 11.3. The van der Waals surface area contributed by atoms with Crippen LogP contribution in [0.4, 0.5) is 0 Å². The van der Waals surface area contributed by atoms with E-state index in [9.17, 15) is 9.90 Å². The van der Waals surface area contributed by atoms with Crippen LogP contribution in [-0.2, 0) is 4.79 Å². The van der Waals surface area contributed by atoms with Gasteiger partial charge in [-0.25, -0.2) is 0 Å². The summed E-state index contributed by atoms with van der Waals surface area (Å²) in [7, 11) is 0. The second kappa shape index (κ2) is 6.39. The van der Waals surface area contributed by atoms with E-state index in [1.54, 1.807) is 0 Å². The molecule has 100 valence electrons. The Morgan fingerprint density at radius 1 is 1.29 bits per heavy atom. The van der Waals surface area contributed by atoms with E-state index in [2.05, 4.69) is 33.0 Å². The zero-order chi connectivity index (χ0) is 13.0. The molecule has 3 unspecified atom stereocenters. The molecular formula is C14H27NO2.